The highest BCUT2D eigenvalue weighted by Gasteiger charge is 1.90. The van der Waals surface area contributed by atoms with Crippen molar-refractivity contribution in [3.05, 3.63) is 11.6 Å². The summed E-state index contributed by atoms with van der Waals surface area (Å²) in [6.45, 7) is 4.25. The molecule has 0 saturated carbocycles. The molecule has 0 fully saturated rings. The van der Waals surface area contributed by atoms with Crippen LogP contribution in [0.4, 0.5) is 0 Å². The lowest BCUT2D eigenvalue weighted by atomic mass is 10.2. The Morgan fingerprint density at radius 1 is 1.78 bits per heavy atom. The van der Waals surface area contributed by atoms with Gasteiger partial charge in [0.25, 0.3) is 0 Å². The zero-order chi connectivity index (χ0) is 7.28. The third kappa shape index (κ3) is 5.53. The van der Waals surface area contributed by atoms with Crippen LogP contribution in [0, 0.1) is 0 Å². The van der Waals surface area contributed by atoms with Crippen LogP contribution in [0.25, 0.3) is 0 Å². The zero-order valence-corrected chi connectivity index (χ0v) is 6.22. The van der Waals surface area contributed by atoms with Gasteiger partial charge in [0.1, 0.15) is 0 Å². The molecule has 0 saturated heterocycles. The van der Waals surface area contributed by atoms with Crippen LogP contribution in [0.5, 0.6) is 0 Å². The average Bonchev–Trinajstić information content (AvgIpc) is 1.63. The van der Waals surface area contributed by atoms with E-state index in [-0.39, 0.29) is 6.10 Å². The smallest absolute Gasteiger partial charge is 0.0696 e. The van der Waals surface area contributed by atoms with Crippen LogP contribution < -0.4 is 0 Å². The Morgan fingerprint density at radius 2 is 2.33 bits per heavy atom. The van der Waals surface area contributed by atoms with Gasteiger partial charge in [-0.3, -0.25) is 0 Å². The molecule has 0 rings (SSSR count). The second-order valence-corrected chi connectivity index (χ2v) is 2.19. The highest BCUT2D eigenvalue weighted by atomic mass is 16.5. The van der Waals surface area contributed by atoms with E-state index in [2.05, 4.69) is 0 Å². The summed E-state index contributed by atoms with van der Waals surface area (Å²) in [6, 6.07) is 0. The fraction of sp³-hybridized carbons (Fsp3) is 0.714. The largest absolute Gasteiger partial charge is 0.389 e. The Balaban J connectivity index is 3.55. The van der Waals surface area contributed by atoms with Crippen LogP contribution in [0.1, 0.15) is 13.8 Å². The lowest BCUT2D eigenvalue weighted by Crippen LogP contribution is -1.98. The van der Waals surface area contributed by atoms with Crippen LogP contribution in [0.3, 0.4) is 0 Å². The molecule has 9 heavy (non-hydrogen) atoms. The first-order valence-electron chi connectivity index (χ1n) is 3.01. The summed E-state index contributed by atoms with van der Waals surface area (Å²) >= 11 is 0. The molecular weight excluding hydrogens is 116 g/mol. The number of aliphatic hydroxyl groups is 1. The molecule has 0 aliphatic carbocycles. The maximum Gasteiger partial charge on any atom is 0.0696 e. The van der Waals surface area contributed by atoms with Crippen molar-refractivity contribution in [2.75, 3.05) is 13.7 Å². The van der Waals surface area contributed by atoms with Gasteiger partial charge in [0.2, 0.25) is 0 Å². The molecule has 0 bridgehead atoms. The molecule has 0 radical (unpaired) electrons. The van der Waals surface area contributed by atoms with Gasteiger partial charge < -0.3 is 9.84 Å². The lowest BCUT2D eigenvalue weighted by Gasteiger charge is -1.99. The van der Waals surface area contributed by atoms with Gasteiger partial charge in [-0.25, -0.2) is 0 Å². The second kappa shape index (κ2) is 4.53. The predicted molar refractivity (Wildman–Crippen MR) is 37.3 cm³/mol. The average molecular weight is 130 g/mol. The number of hydrogen-bond acceptors (Lipinski definition) is 2. The van der Waals surface area contributed by atoms with Crippen LogP contribution in [0.15, 0.2) is 11.6 Å². The minimum Gasteiger partial charge on any atom is -0.389 e. The first-order chi connectivity index (χ1) is 4.16. The maximum atomic E-state index is 8.82. The van der Waals surface area contributed by atoms with Crippen LogP contribution >= 0.6 is 0 Å². The zero-order valence-electron chi connectivity index (χ0n) is 6.22. The molecular formula is C7H14O2. The summed E-state index contributed by atoms with van der Waals surface area (Å²) in [5, 5.41) is 8.82. The minimum absolute atomic E-state index is 0.361. The molecule has 0 amide bonds. The normalized spacial score (nSPS) is 15.8. The van der Waals surface area contributed by atoms with E-state index in [0.29, 0.717) is 6.61 Å². The second-order valence-electron chi connectivity index (χ2n) is 2.19. The van der Waals surface area contributed by atoms with Crippen molar-refractivity contribution < 1.29 is 9.84 Å². The van der Waals surface area contributed by atoms with Crippen molar-refractivity contribution >= 4 is 0 Å². The van der Waals surface area contributed by atoms with E-state index in [1.54, 1.807) is 20.1 Å². The SMILES string of the molecule is COCC(C)=CC(C)O. The first kappa shape index (κ1) is 8.66. The van der Waals surface area contributed by atoms with Crippen molar-refractivity contribution in [3.63, 3.8) is 0 Å². The molecule has 1 N–H and O–H groups in total. The van der Waals surface area contributed by atoms with Crippen molar-refractivity contribution in [3.8, 4) is 0 Å². The number of hydrogen-bond donors (Lipinski definition) is 1. The minimum atomic E-state index is -0.361. The van der Waals surface area contributed by atoms with E-state index in [4.69, 9.17) is 9.84 Å². The molecule has 0 aromatic rings. The number of methoxy groups -OCH3 is 1. The third-order valence-corrected chi connectivity index (χ3v) is 0.898. The molecule has 2 heteroatoms. The molecule has 1 unspecified atom stereocenters. The molecule has 0 aliphatic heterocycles. The molecule has 0 aromatic heterocycles. The highest BCUT2D eigenvalue weighted by Crippen LogP contribution is 1.94. The van der Waals surface area contributed by atoms with Crippen LogP contribution in [-0.2, 0) is 4.74 Å². The van der Waals surface area contributed by atoms with Gasteiger partial charge in [-0.2, -0.15) is 0 Å². The fourth-order valence-corrected chi connectivity index (χ4v) is 0.688. The summed E-state index contributed by atoms with van der Waals surface area (Å²) < 4.78 is 4.83. The topological polar surface area (TPSA) is 29.5 Å². The fourth-order valence-electron chi connectivity index (χ4n) is 0.688. The Labute approximate surface area is 56.1 Å². The monoisotopic (exact) mass is 130 g/mol. The summed E-state index contributed by atoms with van der Waals surface area (Å²) in [5.74, 6) is 0. The summed E-state index contributed by atoms with van der Waals surface area (Å²) in [4.78, 5) is 0. The molecule has 0 aliphatic rings. The Bertz CT molecular complexity index is 95.1. The van der Waals surface area contributed by atoms with Gasteiger partial charge in [-0.1, -0.05) is 6.08 Å². The van der Waals surface area contributed by atoms with E-state index in [0.717, 1.165) is 5.57 Å². The van der Waals surface area contributed by atoms with E-state index in [1.165, 1.54) is 0 Å². The first-order valence-corrected chi connectivity index (χ1v) is 3.01. The van der Waals surface area contributed by atoms with Gasteiger partial charge in [0.05, 0.1) is 12.7 Å². The number of aliphatic hydroxyl groups excluding tert-OH is 1. The Kier molecular flexibility index (Phi) is 4.36. The van der Waals surface area contributed by atoms with Gasteiger partial charge in [-0.15, -0.1) is 0 Å². The Morgan fingerprint density at radius 3 is 2.67 bits per heavy atom. The molecule has 0 spiro atoms. The maximum absolute atomic E-state index is 8.82. The van der Waals surface area contributed by atoms with E-state index < -0.39 is 0 Å². The summed E-state index contributed by atoms with van der Waals surface area (Å²) in [7, 11) is 1.64. The van der Waals surface area contributed by atoms with E-state index >= 15 is 0 Å². The third-order valence-electron chi connectivity index (χ3n) is 0.898. The van der Waals surface area contributed by atoms with Crippen molar-refractivity contribution in [1.82, 2.24) is 0 Å². The Hall–Kier alpha value is -0.340. The molecule has 2 nitrogen and oxygen atoms in total. The van der Waals surface area contributed by atoms with Gasteiger partial charge in [0, 0.05) is 7.11 Å². The standard InChI is InChI=1S/C7H14O2/c1-6(5-9-3)4-7(2)8/h4,7-8H,5H2,1-3H3. The lowest BCUT2D eigenvalue weighted by molar-refractivity contribution is 0.217. The van der Waals surface area contributed by atoms with Crippen LogP contribution in [-0.4, -0.2) is 24.9 Å². The molecule has 1 atom stereocenters. The predicted octanol–water partition coefficient (Wildman–Crippen LogP) is 0.960. The molecule has 0 aromatic carbocycles. The summed E-state index contributed by atoms with van der Waals surface area (Å²) in [6.07, 6.45) is 1.41. The van der Waals surface area contributed by atoms with Crippen molar-refractivity contribution in [1.29, 1.82) is 0 Å². The van der Waals surface area contributed by atoms with E-state index in [1.807, 2.05) is 6.92 Å². The highest BCUT2D eigenvalue weighted by molar-refractivity contribution is 5.00. The van der Waals surface area contributed by atoms with Crippen LogP contribution in [0.2, 0.25) is 0 Å². The van der Waals surface area contributed by atoms with Crippen molar-refractivity contribution in [2.24, 2.45) is 0 Å². The number of ether oxygens (including phenoxy) is 1. The van der Waals surface area contributed by atoms with Gasteiger partial charge in [0.15, 0.2) is 0 Å². The van der Waals surface area contributed by atoms with E-state index in [9.17, 15) is 0 Å². The van der Waals surface area contributed by atoms with Crippen molar-refractivity contribution in [2.45, 2.75) is 20.0 Å². The summed E-state index contributed by atoms with van der Waals surface area (Å²) in [5.41, 5.74) is 1.06. The molecule has 0 heterocycles. The molecule has 54 valence electrons. The van der Waals surface area contributed by atoms with Gasteiger partial charge in [-0.05, 0) is 19.4 Å². The van der Waals surface area contributed by atoms with Gasteiger partial charge >= 0.3 is 0 Å². The number of rotatable bonds is 3. The quantitative estimate of drug-likeness (QED) is 0.576.